The van der Waals surface area contributed by atoms with E-state index >= 15 is 0 Å². The average molecular weight is 345 g/mol. The molecule has 1 heterocycles. The van der Waals surface area contributed by atoms with Gasteiger partial charge in [0.2, 0.25) is 6.41 Å². The Kier molecular flexibility index (Phi) is 5.21. The highest BCUT2D eigenvalue weighted by molar-refractivity contribution is 5.91. The minimum Gasteiger partial charge on any atom is -0.478 e. The van der Waals surface area contributed by atoms with Gasteiger partial charge in [-0.15, -0.1) is 0 Å². The van der Waals surface area contributed by atoms with E-state index in [4.69, 9.17) is 0 Å². The molecule has 0 saturated carbocycles. The van der Waals surface area contributed by atoms with Crippen molar-refractivity contribution in [2.45, 2.75) is 26.7 Å². The molecule has 1 aromatic carbocycles. The van der Waals surface area contributed by atoms with Gasteiger partial charge in [0.1, 0.15) is 0 Å². The zero-order valence-electron chi connectivity index (χ0n) is 14.1. The molecule has 2 rings (SSSR count). The Morgan fingerprint density at radius 3 is 2.36 bits per heavy atom. The van der Waals surface area contributed by atoms with Crippen LogP contribution in [-0.2, 0) is 9.59 Å². The number of nitrogens with one attached hydrogen (secondary N) is 1. The van der Waals surface area contributed by atoms with Gasteiger partial charge >= 0.3 is 5.97 Å². The number of amides is 1. The molecule has 1 aromatic rings. The van der Waals surface area contributed by atoms with Crippen LogP contribution in [0.5, 0.6) is 0 Å². The molecule has 0 fully saturated rings. The number of hydrogen-bond donors (Lipinski definition) is 2. The standard InChI is InChI=1S/C17H19N3O5/c1-4-19(9-21)16-11(3)18-10(2)14(17(22)23)15(16)12-5-7-13(8-6-12)20(24)25/h5-9,15,18H,4H2,1-3H3,(H,22,23). The molecule has 1 atom stereocenters. The first-order valence-electron chi connectivity index (χ1n) is 7.69. The van der Waals surface area contributed by atoms with E-state index in [1.54, 1.807) is 20.8 Å². The van der Waals surface area contributed by atoms with E-state index < -0.39 is 16.8 Å². The second kappa shape index (κ2) is 7.16. The summed E-state index contributed by atoms with van der Waals surface area (Å²) in [6.07, 6.45) is 0.652. The van der Waals surface area contributed by atoms with E-state index in [0.29, 0.717) is 35.6 Å². The second-order valence-electron chi connectivity index (χ2n) is 5.65. The number of benzene rings is 1. The summed E-state index contributed by atoms with van der Waals surface area (Å²) in [5.41, 5.74) is 2.25. The molecule has 0 aromatic heterocycles. The second-order valence-corrected chi connectivity index (χ2v) is 5.65. The normalized spacial score (nSPS) is 17.2. The van der Waals surface area contributed by atoms with Crippen molar-refractivity contribution >= 4 is 18.1 Å². The van der Waals surface area contributed by atoms with Gasteiger partial charge in [-0.05, 0) is 26.3 Å². The molecule has 0 bridgehead atoms. The first-order valence-corrected chi connectivity index (χ1v) is 7.69. The lowest BCUT2D eigenvalue weighted by atomic mass is 9.83. The lowest BCUT2D eigenvalue weighted by Gasteiger charge is -2.35. The molecule has 0 radical (unpaired) electrons. The maximum absolute atomic E-state index is 11.8. The van der Waals surface area contributed by atoms with Gasteiger partial charge < -0.3 is 15.3 Å². The van der Waals surface area contributed by atoms with Crippen molar-refractivity contribution < 1.29 is 19.6 Å². The Morgan fingerprint density at radius 2 is 1.92 bits per heavy atom. The summed E-state index contributed by atoms with van der Waals surface area (Å²) < 4.78 is 0. The molecule has 2 N–H and O–H groups in total. The number of nitro benzene ring substituents is 1. The summed E-state index contributed by atoms with van der Waals surface area (Å²) in [5.74, 6) is -1.81. The van der Waals surface area contributed by atoms with E-state index in [-0.39, 0.29) is 11.3 Å². The molecule has 132 valence electrons. The number of carboxylic acid groups (broad SMARTS) is 1. The van der Waals surface area contributed by atoms with E-state index in [1.165, 1.54) is 29.2 Å². The monoisotopic (exact) mass is 345 g/mol. The van der Waals surface area contributed by atoms with Crippen LogP contribution in [0.15, 0.2) is 46.9 Å². The molecule has 1 amide bonds. The molecule has 8 nitrogen and oxygen atoms in total. The number of hydrogen-bond acceptors (Lipinski definition) is 5. The van der Waals surface area contributed by atoms with Crippen molar-refractivity contribution in [3.63, 3.8) is 0 Å². The van der Waals surface area contributed by atoms with Crippen LogP contribution in [0.25, 0.3) is 0 Å². The van der Waals surface area contributed by atoms with Crippen molar-refractivity contribution in [3.8, 4) is 0 Å². The highest BCUT2D eigenvalue weighted by Gasteiger charge is 2.35. The van der Waals surface area contributed by atoms with E-state index in [2.05, 4.69) is 5.32 Å². The molecule has 1 aliphatic heterocycles. The van der Waals surface area contributed by atoms with Crippen molar-refractivity contribution in [1.82, 2.24) is 10.2 Å². The number of nitrogens with zero attached hydrogens (tertiary/aromatic N) is 2. The van der Waals surface area contributed by atoms with Gasteiger partial charge in [0.05, 0.1) is 22.1 Å². The van der Waals surface area contributed by atoms with Crippen molar-refractivity contribution in [3.05, 3.63) is 62.6 Å². The summed E-state index contributed by atoms with van der Waals surface area (Å²) in [6, 6.07) is 5.71. The highest BCUT2D eigenvalue weighted by Crippen LogP contribution is 2.39. The molecule has 1 unspecified atom stereocenters. The number of aliphatic carboxylic acids is 1. The molecule has 0 saturated heterocycles. The third-order valence-corrected chi connectivity index (χ3v) is 4.17. The average Bonchev–Trinajstić information content (AvgIpc) is 2.56. The first-order chi connectivity index (χ1) is 11.8. The predicted molar refractivity (Wildman–Crippen MR) is 90.5 cm³/mol. The third-order valence-electron chi connectivity index (χ3n) is 4.17. The Hall–Kier alpha value is -3.16. The number of non-ortho nitro benzene ring substituents is 1. The van der Waals surface area contributed by atoms with Gasteiger partial charge in [-0.25, -0.2) is 4.79 Å². The van der Waals surface area contributed by atoms with Crippen molar-refractivity contribution in [2.24, 2.45) is 0 Å². The lowest BCUT2D eigenvalue weighted by molar-refractivity contribution is -0.384. The Morgan fingerprint density at radius 1 is 1.32 bits per heavy atom. The van der Waals surface area contributed by atoms with Gasteiger partial charge in [-0.3, -0.25) is 14.9 Å². The maximum Gasteiger partial charge on any atom is 0.334 e. The van der Waals surface area contributed by atoms with E-state index in [1.807, 2.05) is 0 Å². The Bertz CT molecular complexity index is 780. The molecular formula is C17H19N3O5. The van der Waals surface area contributed by atoms with E-state index in [0.717, 1.165) is 0 Å². The van der Waals surface area contributed by atoms with Crippen LogP contribution in [0.1, 0.15) is 32.3 Å². The summed E-state index contributed by atoms with van der Waals surface area (Å²) in [6.45, 7) is 5.57. The largest absolute Gasteiger partial charge is 0.478 e. The Labute approximate surface area is 144 Å². The molecule has 1 aliphatic rings. The number of carboxylic acids is 1. The number of nitro groups is 1. The maximum atomic E-state index is 11.8. The minimum atomic E-state index is -1.11. The topological polar surface area (TPSA) is 113 Å². The van der Waals surface area contributed by atoms with Crippen LogP contribution < -0.4 is 5.32 Å². The van der Waals surface area contributed by atoms with Crippen LogP contribution in [0.3, 0.4) is 0 Å². The first kappa shape index (κ1) is 18.2. The number of likely N-dealkylation sites (N-methyl/N-ethyl adjacent to an activating group) is 1. The number of dihydropyridines is 1. The van der Waals surface area contributed by atoms with Gasteiger partial charge in [-0.1, -0.05) is 12.1 Å². The quantitative estimate of drug-likeness (QED) is 0.465. The van der Waals surface area contributed by atoms with Crippen LogP contribution in [0.2, 0.25) is 0 Å². The number of allylic oxidation sites excluding steroid dienone is 3. The fourth-order valence-corrected chi connectivity index (χ4v) is 3.06. The van der Waals surface area contributed by atoms with Crippen LogP contribution >= 0.6 is 0 Å². The van der Waals surface area contributed by atoms with Crippen LogP contribution in [-0.4, -0.2) is 33.9 Å². The number of carbonyl (C=O) groups excluding carboxylic acids is 1. The summed E-state index contributed by atoms with van der Waals surface area (Å²) in [4.78, 5) is 35.1. The smallest absolute Gasteiger partial charge is 0.334 e. The van der Waals surface area contributed by atoms with Gasteiger partial charge in [0, 0.05) is 30.1 Å². The highest BCUT2D eigenvalue weighted by atomic mass is 16.6. The number of rotatable bonds is 6. The van der Waals surface area contributed by atoms with Crippen LogP contribution in [0.4, 0.5) is 5.69 Å². The molecule has 8 heteroatoms. The lowest BCUT2D eigenvalue weighted by Crippen LogP contribution is -2.36. The van der Waals surface area contributed by atoms with Gasteiger partial charge in [-0.2, -0.15) is 0 Å². The fraction of sp³-hybridized carbons (Fsp3) is 0.294. The third kappa shape index (κ3) is 3.37. The Balaban J connectivity index is 2.66. The zero-order valence-corrected chi connectivity index (χ0v) is 14.1. The van der Waals surface area contributed by atoms with Crippen molar-refractivity contribution in [1.29, 1.82) is 0 Å². The molecule has 0 spiro atoms. The summed E-state index contributed by atoms with van der Waals surface area (Å²) >= 11 is 0. The number of carbonyl (C=O) groups is 2. The molecule has 0 aliphatic carbocycles. The van der Waals surface area contributed by atoms with Gasteiger partial charge in [0.15, 0.2) is 0 Å². The summed E-state index contributed by atoms with van der Waals surface area (Å²) in [7, 11) is 0. The van der Waals surface area contributed by atoms with Gasteiger partial charge in [0.25, 0.3) is 5.69 Å². The van der Waals surface area contributed by atoms with Crippen LogP contribution in [0, 0.1) is 10.1 Å². The zero-order chi connectivity index (χ0) is 18.7. The molecule has 25 heavy (non-hydrogen) atoms. The SMILES string of the molecule is CCN(C=O)C1=C(C)NC(C)=C(C(=O)O)C1c1ccc([N+](=O)[O-])cc1. The predicted octanol–water partition coefficient (Wildman–Crippen LogP) is 2.35. The molecular weight excluding hydrogens is 326 g/mol. The fourth-order valence-electron chi connectivity index (χ4n) is 3.06. The minimum absolute atomic E-state index is 0.0831. The van der Waals surface area contributed by atoms with Crippen molar-refractivity contribution in [2.75, 3.05) is 6.54 Å². The summed E-state index contributed by atoms with van der Waals surface area (Å²) in [5, 5.41) is 23.5. The van der Waals surface area contributed by atoms with E-state index in [9.17, 15) is 24.8 Å².